The molecule has 0 saturated carbocycles. The fourth-order valence-corrected chi connectivity index (χ4v) is 6.42. The Labute approximate surface area is 250 Å². The van der Waals surface area contributed by atoms with Gasteiger partial charge >= 0.3 is 0 Å². The van der Waals surface area contributed by atoms with Gasteiger partial charge in [-0.3, -0.25) is 14.4 Å². The van der Waals surface area contributed by atoms with Crippen molar-refractivity contribution in [3.63, 3.8) is 0 Å². The highest BCUT2D eigenvalue weighted by Crippen LogP contribution is 2.40. The molecule has 12 heteroatoms. The van der Waals surface area contributed by atoms with Crippen LogP contribution in [0, 0.1) is 5.92 Å². The first kappa shape index (κ1) is 28.4. The van der Waals surface area contributed by atoms with Gasteiger partial charge in [-0.25, -0.2) is 14.1 Å². The van der Waals surface area contributed by atoms with E-state index < -0.39 is 11.4 Å². The standard InChI is InChI=1S/C31H30FN7O3S/c1-17-12-18(2)29(36-30(41)24-13-19-6-4-5-7-23(19)43-24)28(32)27(17)21-14-22(31(42)38(3)37-21)35-25-9-8-20(15-34-25)39-11-10-33-16-26(39)40/h4-9,13-15,17,33H,10-12,16H2,1-3H3,(H,34,35)(H,36,41). The number of rotatable bonds is 6. The van der Waals surface area contributed by atoms with Crippen LogP contribution in [0.2, 0.25) is 0 Å². The van der Waals surface area contributed by atoms with E-state index in [1.165, 1.54) is 24.5 Å². The Morgan fingerprint density at radius 3 is 2.72 bits per heavy atom. The molecule has 4 heterocycles. The molecule has 1 fully saturated rings. The molecule has 1 aromatic carbocycles. The van der Waals surface area contributed by atoms with Gasteiger partial charge in [0, 0.05) is 30.4 Å². The molecule has 6 rings (SSSR count). The van der Waals surface area contributed by atoms with Gasteiger partial charge in [0.05, 0.1) is 34.7 Å². The van der Waals surface area contributed by atoms with E-state index in [4.69, 9.17) is 0 Å². The lowest BCUT2D eigenvalue weighted by molar-refractivity contribution is -0.118. The lowest BCUT2D eigenvalue weighted by Crippen LogP contribution is -2.48. The van der Waals surface area contributed by atoms with E-state index >= 15 is 4.39 Å². The number of amides is 2. The van der Waals surface area contributed by atoms with Gasteiger partial charge in [0.15, 0.2) is 5.83 Å². The van der Waals surface area contributed by atoms with Gasteiger partial charge in [0.25, 0.3) is 11.5 Å². The third kappa shape index (κ3) is 5.58. The number of hydrogen-bond donors (Lipinski definition) is 3. The van der Waals surface area contributed by atoms with Gasteiger partial charge in [-0.05, 0) is 60.6 Å². The Hall–Kier alpha value is -4.68. The van der Waals surface area contributed by atoms with Gasteiger partial charge < -0.3 is 20.9 Å². The van der Waals surface area contributed by atoms with Gasteiger partial charge in [0.1, 0.15) is 11.5 Å². The Morgan fingerprint density at radius 2 is 1.98 bits per heavy atom. The van der Waals surface area contributed by atoms with Gasteiger partial charge in [-0.15, -0.1) is 11.3 Å². The number of piperazine rings is 1. The minimum Gasteiger partial charge on any atom is -0.336 e. The molecule has 1 aliphatic heterocycles. The molecule has 2 aliphatic rings. The molecule has 0 spiro atoms. The average molecular weight is 600 g/mol. The minimum absolute atomic E-state index is 0.0398. The molecule has 3 aromatic heterocycles. The number of carbonyl (C=O) groups excluding carboxylic acids is 2. The first-order valence-electron chi connectivity index (χ1n) is 13.9. The van der Waals surface area contributed by atoms with E-state index in [1.54, 1.807) is 36.2 Å². The van der Waals surface area contributed by atoms with E-state index in [0.29, 0.717) is 41.5 Å². The number of anilines is 3. The van der Waals surface area contributed by atoms with Crippen LogP contribution >= 0.6 is 11.3 Å². The number of aromatic nitrogens is 3. The molecule has 4 aromatic rings. The summed E-state index contributed by atoms with van der Waals surface area (Å²) in [7, 11) is 1.50. The summed E-state index contributed by atoms with van der Waals surface area (Å²) in [5.41, 5.74) is 1.84. The summed E-state index contributed by atoms with van der Waals surface area (Å²) in [6.45, 7) is 5.20. The normalized spacial score (nSPS) is 17.5. The fourth-order valence-electron chi connectivity index (χ4n) is 5.46. The van der Waals surface area contributed by atoms with Crippen molar-refractivity contribution < 1.29 is 14.0 Å². The van der Waals surface area contributed by atoms with Crippen molar-refractivity contribution in [2.24, 2.45) is 13.0 Å². The molecular formula is C31H30FN7O3S. The van der Waals surface area contributed by atoms with E-state index in [2.05, 4.69) is 26.0 Å². The van der Waals surface area contributed by atoms with Crippen LogP contribution in [0.3, 0.4) is 0 Å². The third-order valence-corrected chi connectivity index (χ3v) is 8.74. The SMILES string of the molecule is CC1=C(NC(=O)c2cc3ccccc3s2)C(F)=C(c2cc(Nc3ccc(N4CCNCC4=O)cn3)c(=O)n(C)n2)C(C)C1. The second-order valence-corrected chi connectivity index (χ2v) is 11.8. The number of halogens is 1. The predicted molar refractivity (Wildman–Crippen MR) is 166 cm³/mol. The summed E-state index contributed by atoms with van der Waals surface area (Å²) in [5, 5.41) is 14.2. The molecule has 2 amide bonds. The zero-order valence-corrected chi connectivity index (χ0v) is 24.7. The maximum Gasteiger partial charge on any atom is 0.290 e. The van der Waals surface area contributed by atoms with Crippen LogP contribution < -0.4 is 26.4 Å². The van der Waals surface area contributed by atoms with Gasteiger partial charge in [-0.2, -0.15) is 5.10 Å². The van der Waals surface area contributed by atoms with Crippen LogP contribution in [0.15, 0.2) is 76.6 Å². The highest BCUT2D eigenvalue weighted by molar-refractivity contribution is 7.20. The third-order valence-electron chi connectivity index (χ3n) is 7.63. The quantitative estimate of drug-likeness (QED) is 0.299. The van der Waals surface area contributed by atoms with Crippen LogP contribution in [0.5, 0.6) is 0 Å². The van der Waals surface area contributed by atoms with Crippen molar-refractivity contribution in [2.45, 2.75) is 20.3 Å². The molecule has 220 valence electrons. The van der Waals surface area contributed by atoms with E-state index in [9.17, 15) is 14.4 Å². The number of benzene rings is 1. The van der Waals surface area contributed by atoms with Gasteiger partial charge in [-0.1, -0.05) is 25.1 Å². The Balaban J connectivity index is 1.28. The molecule has 0 bridgehead atoms. The number of thiophene rings is 1. The fraction of sp³-hybridized carbons (Fsp3) is 0.258. The number of hydrogen-bond acceptors (Lipinski definition) is 8. The molecule has 43 heavy (non-hydrogen) atoms. The van der Waals surface area contributed by atoms with Crippen molar-refractivity contribution in [3.8, 4) is 0 Å². The smallest absolute Gasteiger partial charge is 0.290 e. The zero-order valence-electron chi connectivity index (χ0n) is 23.9. The minimum atomic E-state index is -0.578. The highest BCUT2D eigenvalue weighted by Gasteiger charge is 2.30. The van der Waals surface area contributed by atoms with Crippen LogP contribution in [-0.2, 0) is 11.8 Å². The zero-order chi connectivity index (χ0) is 30.2. The number of nitrogens with zero attached hydrogens (tertiary/aromatic N) is 4. The lowest BCUT2D eigenvalue weighted by atomic mass is 9.84. The summed E-state index contributed by atoms with van der Waals surface area (Å²) < 4.78 is 18.4. The number of aryl methyl sites for hydroxylation is 1. The Bertz CT molecular complexity index is 1840. The predicted octanol–water partition coefficient (Wildman–Crippen LogP) is 4.49. The van der Waals surface area contributed by atoms with Crippen LogP contribution in [0.25, 0.3) is 15.7 Å². The molecule has 10 nitrogen and oxygen atoms in total. The summed E-state index contributed by atoms with van der Waals surface area (Å²) >= 11 is 1.35. The molecule has 1 atom stereocenters. The molecule has 3 N–H and O–H groups in total. The Morgan fingerprint density at radius 1 is 1.16 bits per heavy atom. The average Bonchev–Trinajstić information content (AvgIpc) is 3.43. The van der Waals surface area contributed by atoms with Crippen LogP contribution in [-0.4, -0.2) is 46.2 Å². The summed E-state index contributed by atoms with van der Waals surface area (Å²) in [6, 6.07) is 14.4. The largest absolute Gasteiger partial charge is 0.336 e. The van der Waals surface area contributed by atoms with Crippen LogP contribution in [0.4, 0.5) is 21.6 Å². The van der Waals surface area contributed by atoms with Crippen molar-refractivity contribution >= 4 is 56.0 Å². The maximum atomic E-state index is 16.2. The topological polar surface area (TPSA) is 121 Å². The molecule has 1 aliphatic carbocycles. The van der Waals surface area contributed by atoms with Crippen molar-refractivity contribution in [1.82, 2.24) is 25.4 Å². The first-order chi connectivity index (χ1) is 20.7. The first-order valence-corrected chi connectivity index (χ1v) is 14.7. The second-order valence-electron chi connectivity index (χ2n) is 10.7. The van der Waals surface area contributed by atoms with Crippen LogP contribution in [0.1, 0.15) is 35.6 Å². The molecular weight excluding hydrogens is 569 g/mol. The molecule has 0 radical (unpaired) electrons. The number of fused-ring (bicyclic) bond motifs is 1. The number of pyridine rings is 1. The lowest BCUT2D eigenvalue weighted by Gasteiger charge is -2.27. The highest BCUT2D eigenvalue weighted by atomic mass is 32.1. The van der Waals surface area contributed by atoms with E-state index in [0.717, 1.165) is 20.3 Å². The number of nitrogens with one attached hydrogen (secondary N) is 3. The molecule has 1 saturated heterocycles. The van der Waals surface area contributed by atoms with E-state index in [-0.39, 0.29) is 41.4 Å². The summed E-state index contributed by atoms with van der Waals surface area (Å²) in [4.78, 5) is 44.9. The summed E-state index contributed by atoms with van der Waals surface area (Å²) in [6.07, 6.45) is 2.08. The molecule has 1 unspecified atom stereocenters. The van der Waals surface area contributed by atoms with Crippen molar-refractivity contribution in [2.75, 3.05) is 29.9 Å². The monoisotopic (exact) mass is 599 g/mol. The van der Waals surface area contributed by atoms with Crippen molar-refractivity contribution in [1.29, 1.82) is 0 Å². The maximum absolute atomic E-state index is 16.2. The summed E-state index contributed by atoms with van der Waals surface area (Å²) in [5.74, 6) is -0.865. The number of allylic oxidation sites excluding steroid dienone is 3. The Kier molecular flexibility index (Phi) is 7.63. The second kappa shape index (κ2) is 11.5. The number of carbonyl (C=O) groups is 2. The van der Waals surface area contributed by atoms with Crippen molar-refractivity contribution in [3.05, 3.63) is 92.7 Å². The van der Waals surface area contributed by atoms with E-state index in [1.807, 2.05) is 31.2 Å². The van der Waals surface area contributed by atoms with Gasteiger partial charge in [0.2, 0.25) is 5.91 Å².